The van der Waals surface area contributed by atoms with Crippen LogP contribution < -0.4 is 15.5 Å². The summed E-state index contributed by atoms with van der Waals surface area (Å²) in [7, 11) is 0. The molecular formula is C24H25N3O2. The third kappa shape index (κ3) is 4.09. The highest BCUT2D eigenvalue weighted by atomic mass is 16.2. The van der Waals surface area contributed by atoms with Crippen molar-refractivity contribution in [2.45, 2.75) is 32.7 Å². The van der Waals surface area contributed by atoms with E-state index in [4.69, 9.17) is 0 Å². The summed E-state index contributed by atoms with van der Waals surface area (Å²) in [6, 6.07) is 19.8. The molecule has 148 valence electrons. The lowest BCUT2D eigenvalue weighted by Crippen LogP contribution is -2.35. The van der Waals surface area contributed by atoms with Crippen LogP contribution in [0, 0.1) is 0 Å². The summed E-state index contributed by atoms with van der Waals surface area (Å²) < 4.78 is 0. The molecule has 3 aromatic rings. The van der Waals surface area contributed by atoms with E-state index in [1.54, 1.807) is 0 Å². The molecule has 0 saturated heterocycles. The first-order valence-corrected chi connectivity index (χ1v) is 10.1. The normalized spacial score (nSPS) is 13.3. The predicted molar refractivity (Wildman–Crippen MR) is 117 cm³/mol. The van der Waals surface area contributed by atoms with Gasteiger partial charge in [0.15, 0.2) is 0 Å². The summed E-state index contributed by atoms with van der Waals surface area (Å²) in [5.74, 6) is 0.174. The second kappa shape index (κ2) is 8.35. The highest BCUT2D eigenvalue weighted by Gasteiger charge is 2.23. The van der Waals surface area contributed by atoms with Crippen LogP contribution in [0.1, 0.15) is 30.9 Å². The maximum Gasteiger partial charge on any atom is 0.319 e. The number of anilines is 2. The Morgan fingerprint density at radius 3 is 2.72 bits per heavy atom. The molecule has 0 bridgehead atoms. The van der Waals surface area contributed by atoms with E-state index in [-0.39, 0.29) is 11.9 Å². The lowest BCUT2D eigenvalue weighted by atomic mass is 10.00. The molecule has 0 saturated carbocycles. The largest absolute Gasteiger partial charge is 0.334 e. The molecule has 3 aromatic carbocycles. The third-order valence-corrected chi connectivity index (χ3v) is 5.30. The first-order valence-electron chi connectivity index (χ1n) is 10.1. The smallest absolute Gasteiger partial charge is 0.319 e. The van der Waals surface area contributed by atoms with Crippen LogP contribution in [0.15, 0.2) is 60.7 Å². The molecule has 3 amide bonds. The zero-order chi connectivity index (χ0) is 20.2. The van der Waals surface area contributed by atoms with Crippen LogP contribution in [0.2, 0.25) is 0 Å². The fourth-order valence-corrected chi connectivity index (χ4v) is 3.90. The number of carbonyl (C=O) groups is 2. The van der Waals surface area contributed by atoms with E-state index in [1.165, 1.54) is 0 Å². The van der Waals surface area contributed by atoms with Crippen LogP contribution in [-0.2, 0) is 17.8 Å². The average molecular weight is 387 g/mol. The summed E-state index contributed by atoms with van der Waals surface area (Å²) in [4.78, 5) is 26.4. The Bertz CT molecular complexity index is 1060. The van der Waals surface area contributed by atoms with Crippen LogP contribution in [0.25, 0.3) is 10.8 Å². The summed E-state index contributed by atoms with van der Waals surface area (Å²) in [5.41, 5.74) is 3.89. The van der Waals surface area contributed by atoms with Crippen molar-refractivity contribution in [3.63, 3.8) is 0 Å². The Morgan fingerprint density at radius 2 is 1.86 bits per heavy atom. The van der Waals surface area contributed by atoms with E-state index in [9.17, 15) is 9.59 Å². The van der Waals surface area contributed by atoms with E-state index < -0.39 is 0 Å². The van der Waals surface area contributed by atoms with Gasteiger partial charge in [0.1, 0.15) is 0 Å². The van der Waals surface area contributed by atoms with Gasteiger partial charge in [-0.15, -0.1) is 0 Å². The molecule has 0 unspecified atom stereocenters. The number of hydrogen-bond donors (Lipinski definition) is 2. The molecule has 5 nitrogen and oxygen atoms in total. The van der Waals surface area contributed by atoms with Gasteiger partial charge < -0.3 is 15.5 Å². The van der Waals surface area contributed by atoms with E-state index >= 15 is 0 Å². The summed E-state index contributed by atoms with van der Waals surface area (Å²) in [6.45, 7) is 3.25. The van der Waals surface area contributed by atoms with Crippen LogP contribution in [0.3, 0.4) is 0 Å². The van der Waals surface area contributed by atoms with E-state index in [0.717, 1.165) is 46.2 Å². The number of urea groups is 1. The van der Waals surface area contributed by atoms with Gasteiger partial charge in [0.05, 0.1) is 0 Å². The van der Waals surface area contributed by atoms with Crippen LogP contribution >= 0.6 is 0 Å². The lowest BCUT2D eigenvalue weighted by Gasteiger charge is -2.29. The minimum Gasteiger partial charge on any atom is -0.334 e. The van der Waals surface area contributed by atoms with Crippen LogP contribution in [0.4, 0.5) is 16.2 Å². The van der Waals surface area contributed by atoms with Gasteiger partial charge in [-0.25, -0.2) is 4.79 Å². The van der Waals surface area contributed by atoms with Crippen molar-refractivity contribution < 1.29 is 9.59 Å². The molecule has 0 aliphatic carbocycles. The van der Waals surface area contributed by atoms with Crippen molar-refractivity contribution in [3.8, 4) is 0 Å². The fourth-order valence-electron chi connectivity index (χ4n) is 3.90. The summed E-state index contributed by atoms with van der Waals surface area (Å²) >= 11 is 0. The number of aryl methyl sites for hydroxylation is 1. The Kier molecular flexibility index (Phi) is 5.47. The van der Waals surface area contributed by atoms with Gasteiger partial charge in [-0.05, 0) is 52.9 Å². The minimum absolute atomic E-state index is 0.174. The highest BCUT2D eigenvalue weighted by molar-refractivity contribution is 5.97. The Hall–Kier alpha value is -3.34. The monoisotopic (exact) mass is 387 g/mol. The summed E-state index contributed by atoms with van der Waals surface area (Å²) in [5, 5.41) is 8.16. The van der Waals surface area contributed by atoms with Crippen molar-refractivity contribution >= 4 is 34.1 Å². The second-order valence-corrected chi connectivity index (χ2v) is 7.33. The predicted octanol–water partition coefficient (Wildman–Crippen LogP) is 4.85. The molecule has 0 aromatic heterocycles. The number of rotatable bonds is 5. The first kappa shape index (κ1) is 19.0. The van der Waals surface area contributed by atoms with Crippen LogP contribution in [0.5, 0.6) is 0 Å². The van der Waals surface area contributed by atoms with E-state index in [0.29, 0.717) is 19.4 Å². The molecule has 2 N–H and O–H groups in total. The third-order valence-electron chi connectivity index (χ3n) is 5.30. The van der Waals surface area contributed by atoms with E-state index in [1.807, 2.05) is 47.4 Å². The lowest BCUT2D eigenvalue weighted by molar-refractivity contribution is -0.118. The minimum atomic E-state index is -0.241. The molecule has 1 heterocycles. The molecule has 0 fully saturated rings. The molecule has 4 rings (SSSR count). The molecule has 1 aliphatic rings. The quantitative estimate of drug-likeness (QED) is 0.657. The Balaban J connectivity index is 1.43. The fraction of sp³-hybridized carbons (Fsp3) is 0.250. The van der Waals surface area contributed by atoms with Crippen LogP contribution in [-0.4, -0.2) is 18.5 Å². The maximum atomic E-state index is 12.4. The SMILES string of the molecule is CCCN1C(=O)CCc2cc(NC(=O)NCc3cccc4ccccc34)ccc21. The van der Waals surface area contributed by atoms with Gasteiger partial charge in [0.25, 0.3) is 0 Å². The second-order valence-electron chi connectivity index (χ2n) is 7.33. The number of hydrogen-bond acceptors (Lipinski definition) is 2. The zero-order valence-electron chi connectivity index (χ0n) is 16.6. The summed E-state index contributed by atoms with van der Waals surface area (Å²) in [6.07, 6.45) is 2.15. The number of benzene rings is 3. The maximum absolute atomic E-state index is 12.4. The van der Waals surface area contributed by atoms with Gasteiger partial charge in [0.2, 0.25) is 5.91 Å². The van der Waals surface area contributed by atoms with Crippen molar-refractivity contribution in [1.29, 1.82) is 0 Å². The topological polar surface area (TPSA) is 61.4 Å². The van der Waals surface area contributed by atoms with Crippen molar-refractivity contribution in [1.82, 2.24) is 5.32 Å². The molecule has 0 spiro atoms. The van der Waals surface area contributed by atoms with Gasteiger partial charge in [-0.1, -0.05) is 49.4 Å². The molecule has 0 radical (unpaired) electrons. The highest BCUT2D eigenvalue weighted by Crippen LogP contribution is 2.30. The molecule has 29 heavy (non-hydrogen) atoms. The number of amides is 3. The number of fused-ring (bicyclic) bond motifs is 2. The number of carbonyl (C=O) groups excluding carboxylic acids is 2. The molecule has 1 aliphatic heterocycles. The number of nitrogens with one attached hydrogen (secondary N) is 2. The molecule has 5 heteroatoms. The van der Waals surface area contributed by atoms with Crippen molar-refractivity contribution in [3.05, 3.63) is 71.8 Å². The van der Waals surface area contributed by atoms with Crippen molar-refractivity contribution in [2.75, 3.05) is 16.8 Å². The van der Waals surface area contributed by atoms with Crippen molar-refractivity contribution in [2.24, 2.45) is 0 Å². The molecular weight excluding hydrogens is 362 g/mol. The zero-order valence-corrected chi connectivity index (χ0v) is 16.6. The van der Waals surface area contributed by atoms with Gasteiger partial charge in [-0.3, -0.25) is 4.79 Å². The average Bonchev–Trinajstić information content (AvgIpc) is 2.74. The number of nitrogens with zero attached hydrogens (tertiary/aromatic N) is 1. The van der Waals surface area contributed by atoms with E-state index in [2.05, 4.69) is 35.8 Å². The first-order chi connectivity index (χ1) is 14.2. The van der Waals surface area contributed by atoms with Gasteiger partial charge in [-0.2, -0.15) is 0 Å². The Morgan fingerprint density at radius 1 is 1.03 bits per heavy atom. The van der Waals surface area contributed by atoms with Gasteiger partial charge >= 0.3 is 6.03 Å². The Labute approximate surface area is 170 Å². The standard InChI is InChI=1S/C24H25N3O2/c1-2-14-27-22-12-11-20(15-18(22)10-13-23(27)28)26-24(29)25-16-19-8-5-7-17-6-3-4-9-21(17)19/h3-9,11-12,15H,2,10,13-14,16H2,1H3,(H2,25,26,29). The van der Waals surface area contributed by atoms with Gasteiger partial charge in [0, 0.05) is 30.9 Å². The molecule has 0 atom stereocenters.